The highest BCUT2D eigenvalue weighted by molar-refractivity contribution is 9.10. The molecular formula is C24H25BrN2O4S2. The van der Waals surface area contributed by atoms with Crippen LogP contribution >= 0.6 is 39.9 Å². The van der Waals surface area contributed by atoms with E-state index in [1.807, 2.05) is 25.1 Å². The molecule has 2 aromatic carbocycles. The van der Waals surface area contributed by atoms with Gasteiger partial charge in [0.25, 0.3) is 11.8 Å². The molecule has 3 rings (SSSR count). The Balaban J connectivity index is 1.80. The highest BCUT2D eigenvalue weighted by atomic mass is 79.9. The van der Waals surface area contributed by atoms with Gasteiger partial charge in [-0.05, 0) is 83.3 Å². The number of halogens is 1. The molecule has 1 fully saturated rings. The second-order valence-corrected chi connectivity index (χ2v) is 10.1. The lowest BCUT2D eigenvalue weighted by atomic mass is 10.1. The number of ether oxygens (including phenoxy) is 2. The molecule has 9 heteroatoms. The smallest absolute Gasteiger partial charge is 0.285 e. The van der Waals surface area contributed by atoms with Crippen molar-refractivity contribution in [3.63, 3.8) is 0 Å². The van der Waals surface area contributed by atoms with Gasteiger partial charge >= 0.3 is 0 Å². The van der Waals surface area contributed by atoms with Gasteiger partial charge in [-0.1, -0.05) is 43.8 Å². The van der Waals surface area contributed by atoms with E-state index in [1.54, 1.807) is 30.3 Å². The molecule has 0 saturated carbocycles. The Labute approximate surface area is 211 Å². The molecule has 0 bridgehead atoms. The number of hydrogen-bond donors (Lipinski definition) is 1. The number of nitrogens with zero attached hydrogens (tertiary/aromatic N) is 1. The van der Waals surface area contributed by atoms with Crippen LogP contribution in [0, 0.1) is 5.92 Å². The number of rotatable bonds is 9. The average molecular weight is 550 g/mol. The van der Waals surface area contributed by atoms with Crippen molar-refractivity contribution < 1.29 is 19.1 Å². The van der Waals surface area contributed by atoms with Crippen molar-refractivity contribution >= 4 is 62.1 Å². The maximum Gasteiger partial charge on any atom is 0.285 e. The van der Waals surface area contributed by atoms with Crippen LogP contribution in [0.3, 0.4) is 0 Å². The summed E-state index contributed by atoms with van der Waals surface area (Å²) in [6.07, 6.45) is 2.65. The molecule has 0 radical (unpaired) electrons. The van der Waals surface area contributed by atoms with Gasteiger partial charge in [-0.15, -0.1) is 0 Å². The van der Waals surface area contributed by atoms with Crippen molar-refractivity contribution in [1.82, 2.24) is 10.4 Å². The summed E-state index contributed by atoms with van der Waals surface area (Å²) in [6, 6.07) is 12.3. The van der Waals surface area contributed by atoms with Gasteiger partial charge in [0.2, 0.25) is 0 Å². The van der Waals surface area contributed by atoms with Crippen LogP contribution in [0.5, 0.6) is 11.5 Å². The molecule has 2 amide bonds. The molecule has 0 aromatic heterocycles. The summed E-state index contributed by atoms with van der Waals surface area (Å²) in [7, 11) is 0. The highest BCUT2D eigenvalue weighted by Crippen LogP contribution is 2.39. The maximum atomic E-state index is 12.9. The zero-order valence-corrected chi connectivity index (χ0v) is 21.8. The van der Waals surface area contributed by atoms with Gasteiger partial charge in [0.15, 0.2) is 15.8 Å². The Morgan fingerprint density at radius 1 is 1.24 bits per heavy atom. The Hall–Kier alpha value is -2.36. The molecule has 1 N–H and O–H groups in total. The fraction of sp³-hybridized carbons (Fsp3) is 0.292. The topological polar surface area (TPSA) is 67.9 Å². The van der Waals surface area contributed by atoms with Crippen LogP contribution in [0.2, 0.25) is 0 Å². The molecule has 0 atom stereocenters. The fourth-order valence-electron chi connectivity index (χ4n) is 2.94. The van der Waals surface area contributed by atoms with Crippen LogP contribution in [0.25, 0.3) is 6.08 Å². The molecule has 33 heavy (non-hydrogen) atoms. The average Bonchev–Trinajstić information content (AvgIpc) is 3.03. The van der Waals surface area contributed by atoms with Crippen molar-refractivity contribution in [3.8, 4) is 11.5 Å². The zero-order valence-electron chi connectivity index (χ0n) is 18.6. The minimum Gasteiger partial charge on any atom is -0.490 e. The van der Waals surface area contributed by atoms with Crippen LogP contribution in [0.15, 0.2) is 51.8 Å². The van der Waals surface area contributed by atoms with Crippen molar-refractivity contribution in [3.05, 3.63) is 63.0 Å². The first kappa shape index (κ1) is 25.3. The summed E-state index contributed by atoms with van der Waals surface area (Å²) in [5, 5.41) is 1.10. The summed E-state index contributed by atoms with van der Waals surface area (Å²) < 4.78 is 12.7. The number of carbonyl (C=O) groups is 2. The van der Waals surface area contributed by atoms with Gasteiger partial charge in [0.05, 0.1) is 22.6 Å². The van der Waals surface area contributed by atoms with Crippen LogP contribution < -0.4 is 14.9 Å². The molecule has 1 heterocycles. The quantitative estimate of drug-likeness (QED) is 0.314. The van der Waals surface area contributed by atoms with E-state index in [1.165, 1.54) is 0 Å². The second kappa shape index (κ2) is 11.7. The van der Waals surface area contributed by atoms with Crippen molar-refractivity contribution in [2.24, 2.45) is 5.92 Å². The van der Waals surface area contributed by atoms with Gasteiger partial charge in [-0.25, -0.2) is 0 Å². The third-order valence-corrected chi connectivity index (χ3v) is 6.51. The largest absolute Gasteiger partial charge is 0.490 e. The predicted octanol–water partition coefficient (Wildman–Crippen LogP) is 5.82. The number of nitrogens with one attached hydrogen (secondary N) is 1. The number of benzene rings is 2. The number of thiocarbonyl (C=S) groups is 1. The third kappa shape index (κ3) is 6.59. The van der Waals surface area contributed by atoms with Crippen molar-refractivity contribution in [2.45, 2.75) is 27.2 Å². The van der Waals surface area contributed by atoms with E-state index in [0.717, 1.165) is 33.2 Å². The third-order valence-electron chi connectivity index (χ3n) is 4.61. The van der Waals surface area contributed by atoms with Crippen LogP contribution in [-0.4, -0.2) is 34.4 Å². The summed E-state index contributed by atoms with van der Waals surface area (Å²) >= 11 is 10.0. The Bertz CT molecular complexity index is 1070. The van der Waals surface area contributed by atoms with Gasteiger partial charge < -0.3 is 9.47 Å². The molecule has 1 aliphatic heterocycles. The summed E-state index contributed by atoms with van der Waals surface area (Å²) in [5.74, 6) is 0.966. The summed E-state index contributed by atoms with van der Waals surface area (Å²) in [6.45, 7) is 7.24. The molecule has 0 spiro atoms. The molecule has 6 nitrogen and oxygen atoms in total. The van der Waals surface area contributed by atoms with Gasteiger partial charge in [-0.2, -0.15) is 5.01 Å². The number of amides is 2. The monoisotopic (exact) mass is 548 g/mol. The minimum absolute atomic E-state index is 0.258. The van der Waals surface area contributed by atoms with Gasteiger partial charge in [-0.3, -0.25) is 15.0 Å². The van der Waals surface area contributed by atoms with E-state index in [2.05, 4.69) is 35.2 Å². The van der Waals surface area contributed by atoms with E-state index in [9.17, 15) is 9.59 Å². The summed E-state index contributed by atoms with van der Waals surface area (Å²) in [4.78, 5) is 25.8. The Morgan fingerprint density at radius 2 is 1.97 bits per heavy atom. The highest BCUT2D eigenvalue weighted by Gasteiger charge is 2.34. The number of hydrazine groups is 1. The molecule has 1 aliphatic rings. The zero-order chi connectivity index (χ0) is 24.0. The Morgan fingerprint density at radius 3 is 2.64 bits per heavy atom. The predicted molar refractivity (Wildman–Crippen MR) is 139 cm³/mol. The van der Waals surface area contributed by atoms with E-state index in [4.69, 9.17) is 21.7 Å². The van der Waals surface area contributed by atoms with Gasteiger partial charge in [0, 0.05) is 5.56 Å². The van der Waals surface area contributed by atoms with Crippen LogP contribution in [-0.2, 0) is 4.79 Å². The van der Waals surface area contributed by atoms with Crippen LogP contribution in [0.1, 0.15) is 43.1 Å². The maximum absolute atomic E-state index is 12.9. The number of thioether (sulfide) groups is 1. The lowest BCUT2D eigenvalue weighted by Crippen LogP contribution is -2.44. The number of hydrogen-bond acceptors (Lipinski definition) is 6. The lowest BCUT2D eigenvalue weighted by molar-refractivity contribution is -0.123. The van der Waals surface area contributed by atoms with E-state index in [-0.39, 0.29) is 10.2 Å². The van der Waals surface area contributed by atoms with Crippen molar-refractivity contribution in [1.29, 1.82) is 0 Å². The molecule has 0 aliphatic carbocycles. The first-order chi connectivity index (χ1) is 15.8. The standard InChI is InChI=1S/C24H25BrN2O4S2/c1-4-30-19-13-16(12-18(25)21(19)31-11-10-15(2)3)14-20-23(29)27(24(32)33-20)26-22(28)17-8-6-5-7-9-17/h5-9,12-15H,4,10-11H2,1-3H3,(H,26,28)/b20-14+. The summed E-state index contributed by atoms with van der Waals surface area (Å²) in [5.41, 5.74) is 3.77. The Kier molecular flexibility index (Phi) is 8.94. The molecule has 174 valence electrons. The molecular weight excluding hydrogens is 524 g/mol. The first-order valence-electron chi connectivity index (χ1n) is 10.5. The van der Waals surface area contributed by atoms with E-state index >= 15 is 0 Å². The number of carbonyl (C=O) groups excluding carboxylic acids is 2. The SMILES string of the molecule is CCOc1cc(/C=C2/SC(=S)N(NC(=O)c3ccccc3)C2=O)cc(Br)c1OCCC(C)C. The fourth-order valence-corrected chi connectivity index (χ4v) is 4.70. The normalized spacial score (nSPS) is 14.8. The molecule has 0 unspecified atom stereocenters. The van der Waals surface area contributed by atoms with Crippen molar-refractivity contribution in [2.75, 3.05) is 13.2 Å². The molecule has 2 aromatic rings. The van der Waals surface area contributed by atoms with E-state index < -0.39 is 5.91 Å². The molecule has 1 saturated heterocycles. The first-order valence-corrected chi connectivity index (χ1v) is 12.5. The lowest BCUT2D eigenvalue weighted by Gasteiger charge is -2.16. The minimum atomic E-state index is -0.405. The second-order valence-electron chi connectivity index (χ2n) is 7.62. The van der Waals surface area contributed by atoms with Gasteiger partial charge in [0.1, 0.15) is 0 Å². The van der Waals surface area contributed by atoms with E-state index in [0.29, 0.717) is 41.1 Å². The van der Waals surface area contributed by atoms with Crippen LogP contribution in [0.4, 0.5) is 0 Å².